The number of rotatable bonds is 2. The van der Waals surface area contributed by atoms with Crippen LogP contribution in [0.3, 0.4) is 0 Å². The van der Waals surface area contributed by atoms with Crippen LogP contribution in [0.15, 0.2) is 30.7 Å². The van der Waals surface area contributed by atoms with Gasteiger partial charge in [-0.15, -0.1) is 0 Å². The van der Waals surface area contributed by atoms with Gasteiger partial charge in [0.1, 0.15) is 0 Å². The van der Waals surface area contributed by atoms with Crippen LogP contribution in [0, 0.1) is 3.57 Å². The lowest BCUT2D eigenvalue weighted by molar-refractivity contribution is 0.199. The van der Waals surface area contributed by atoms with Crippen LogP contribution < -0.4 is 0 Å². The molecule has 0 amide bonds. The minimum atomic E-state index is -0.482. The van der Waals surface area contributed by atoms with Crippen LogP contribution in [0.5, 0.6) is 0 Å². The first-order chi connectivity index (χ1) is 7.16. The van der Waals surface area contributed by atoms with Gasteiger partial charge in [-0.1, -0.05) is 6.07 Å². The van der Waals surface area contributed by atoms with Crippen molar-refractivity contribution in [3.05, 3.63) is 39.9 Å². The zero-order valence-electron chi connectivity index (χ0n) is 8.13. The molecular weight excluding hydrogens is 305 g/mol. The Bertz CT molecular complexity index is 450. The number of aromatic nitrogens is 3. The van der Waals surface area contributed by atoms with Gasteiger partial charge in [-0.05, 0) is 41.1 Å². The van der Waals surface area contributed by atoms with Gasteiger partial charge in [-0.3, -0.25) is 0 Å². The van der Waals surface area contributed by atoms with Crippen molar-refractivity contribution in [3.8, 4) is 5.82 Å². The average molecular weight is 315 g/mol. The lowest BCUT2D eigenvalue weighted by Gasteiger charge is -2.04. The molecule has 1 N–H and O–H groups in total. The third-order valence-corrected chi connectivity index (χ3v) is 2.60. The average Bonchev–Trinajstić information content (AvgIpc) is 2.65. The molecule has 0 spiro atoms. The van der Waals surface area contributed by atoms with Gasteiger partial charge in [0, 0.05) is 12.4 Å². The highest BCUT2D eigenvalue weighted by atomic mass is 127. The van der Waals surface area contributed by atoms with Gasteiger partial charge in [0.25, 0.3) is 0 Å². The predicted octanol–water partition coefficient (Wildman–Crippen LogP) is 1.93. The molecule has 78 valence electrons. The number of hydrogen-bond acceptors (Lipinski definition) is 3. The van der Waals surface area contributed by atoms with Crippen LogP contribution in [-0.4, -0.2) is 19.9 Å². The highest BCUT2D eigenvalue weighted by molar-refractivity contribution is 14.1. The fourth-order valence-electron chi connectivity index (χ4n) is 1.21. The summed E-state index contributed by atoms with van der Waals surface area (Å²) >= 11 is 2.19. The van der Waals surface area contributed by atoms with E-state index in [9.17, 15) is 5.11 Å². The lowest BCUT2D eigenvalue weighted by Crippen LogP contribution is -1.99. The molecule has 0 aliphatic rings. The largest absolute Gasteiger partial charge is 0.389 e. The Balaban J connectivity index is 2.31. The molecule has 2 rings (SSSR count). The molecule has 5 heteroatoms. The molecular formula is C10H10IN3O. The quantitative estimate of drug-likeness (QED) is 0.862. The standard InChI is InChI=1S/C10H10IN3O/c1-7(15)8-2-3-10(12-4-8)14-6-9(11)5-13-14/h2-7,15H,1H3/t7-/m0/s1. The van der Waals surface area contributed by atoms with Crippen LogP contribution in [0.4, 0.5) is 0 Å². The summed E-state index contributed by atoms with van der Waals surface area (Å²) in [4.78, 5) is 4.22. The first-order valence-electron chi connectivity index (χ1n) is 4.51. The van der Waals surface area contributed by atoms with E-state index in [1.807, 2.05) is 18.3 Å². The summed E-state index contributed by atoms with van der Waals surface area (Å²) in [7, 11) is 0. The third-order valence-electron chi connectivity index (χ3n) is 2.04. The Morgan fingerprint density at radius 2 is 2.20 bits per heavy atom. The monoisotopic (exact) mass is 315 g/mol. The molecule has 0 radical (unpaired) electrons. The van der Waals surface area contributed by atoms with Gasteiger partial charge in [0.15, 0.2) is 5.82 Å². The summed E-state index contributed by atoms with van der Waals surface area (Å²) < 4.78 is 2.77. The van der Waals surface area contributed by atoms with Crippen LogP contribution >= 0.6 is 22.6 Å². The van der Waals surface area contributed by atoms with Gasteiger partial charge < -0.3 is 5.11 Å². The van der Waals surface area contributed by atoms with E-state index in [-0.39, 0.29) is 0 Å². The second-order valence-corrected chi connectivity index (χ2v) is 4.47. The SMILES string of the molecule is C[C@H](O)c1ccc(-n2cc(I)cn2)nc1. The lowest BCUT2D eigenvalue weighted by atomic mass is 10.2. The molecule has 15 heavy (non-hydrogen) atoms. The van der Waals surface area contributed by atoms with E-state index in [4.69, 9.17) is 0 Å². The molecule has 2 aromatic heterocycles. The molecule has 0 fully saturated rings. The molecule has 0 unspecified atom stereocenters. The van der Waals surface area contributed by atoms with Gasteiger partial charge in [0.05, 0.1) is 15.9 Å². The molecule has 2 heterocycles. The molecule has 1 atom stereocenters. The van der Waals surface area contributed by atoms with Crippen molar-refractivity contribution in [2.24, 2.45) is 0 Å². The normalized spacial score (nSPS) is 12.7. The third kappa shape index (κ3) is 2.35. The number of halogens is 1. The maximum Gasteiger partial charge on any atom is 0.153 e. The summed E-state index contributed by atoms with van der Waals surface area (Å²) in [5.74, 6) is 0.752. The minimum absolute atomic E-state index is 0.482. The summed E-state index contributed by atoms with van der Waals surface area (Å²) in [6.45, 7) is 1.72. The zero-order chi connectivity index (χ0) is 10.8. The highest BCUT2D eigenvalue weighted by Crippen LogP contribution is 2.12. The molecule has 0 saturated carbocycles. The second kappa shape index (κ2) is 4.28. The summed E-state index contributed by atoms with van der Waals surface area (Å²) in [5, 5.41) is 13.5. The van der Waals surface area contributed by atoms with Gasteiger partial charge in [-0.25, -0.2) is 9.67 Å². The number of hydrogen-bond donors (Lipinski definition) is 1. The van der Waals surface area contributed by atoms with Crippen LogP contribution in [0.25, 0.3) is 5.82 Å². The van der Waals surface area contributed by atoms with Crippen molar-refractivity contribution in [3.63, 3.8) is 0 Å². The van der Waals surface area contributed by atoms with Crippen molar-refractivity contribution in [2.45, 2.75) is 13.0 Å². The smallest absolute Gasteiger partial charge is 0.153 e. The van der Waals surface area contributed by atoms with E-state index in [1.165, 1.54) is 0 Å². The summed E-state index contributed by atoms with van der Waals surface area (Å²) in [5.41, 5.74) is 0.806. The Morgan fingerprint density at radius 1 is 1.40 bits per heavy atom. The molecule has 0 saturated heterocycles. The molecule has 2 aromatic rings. The number of aliphatic hydroxyl groups excluding tert-OH is 1. The van der Waals surface area contributed by atoms with Crippen molar-refractivity contribution in [1.29, 1.82) is 0 Å². The van der Waals surface area contributed by atoms with Crippen molar-refractivity contribution in [2.75, 3.05) is 0 Å². The van der Waals surface area contributed by atoms with E-state index < -0.39 is 6.10 Å². The summed E-state index contributed by atoms with van der Waals surface area (Å²) in [6.07, 6.45) is 4.84. The van der Waals surface area contributed by atoms with E-state index >= 15 is 0 Å². The Kier molecular flexibility index (Phi) is 3.01. The Morgan fingerprint density at radius 3 is 2.67 bits per heavy atom. The molecule has 0 aliphatic heterocycles. The van der Waals surface area contributed by atoms with Gasteiger partial charge in [0.2, 0.25) is 0 Å². The van der Waals surface area contributed by atoms with E-state index in [0.717, 1.165) is 15.0 Å². The minimum Gasteiger partial charge on any atom is -0.389 e. The Labute approximate surface area is 101 Å². The number of aliphatic hydroxyl groups is 1. The fourth-order valence-corrected chi connectivity index (χ4v) is 1.59. The van der Waals surface area contributed by atoms with Gasteiger partial charge >= 0.3 is 0 Å². The fraction of sp³-hybridized carbons (Fsp3) is 0.200. The second-order valence-electron chi connectivity index (χ2n) is 3.23. The Hall–Kier alpha value is -0.950. The predicted molar refractivity (Wildman–Crippen MR) is 64.7 cm³/mol. The van der Waals surface area contributed by atoms with Gasteiger partial charge in [-0.2, -0.15) is 5.10 Å². The van der Waals surface area contributed by atoms with E-state index in [1.54, 1.807) is 24.0 Å². The molecule has 0 aromatic carbocycles. The molecule has 0 bridgehead atoms. The zero-order valence-corrected chi connectivity index (χ0v) is 10.3. The van der Waals surface area contributed by atoms with Crippen molar-refractivity contribution in [1.82, 2.24) is 14.8 Å². The highest BCUT2D eigenvalue weighted by Gasteiger charge is 2.03. The van der Waals surface area contributed by atoms with Crippen molar-refractivity contribution >= 4 is 22.6 Å². The summed E-state index contributed by atoms with van der Waals surface area (Å²) in [6, 6.07) is 3.69. The van der Waals surface area contributed by atoms with Crippen LogP contribution in [0.1, 0.15) is 18.6 Å². The number of nitrogens with zero attached hydrogens (tertiary/aromatic N) is 3. The molecule has 0 aliphatic carbocycles. The van der Waals surface area contributed by atoms with Crippen molar-refractivity contribution < 1.29 is 5.11 Å². The topological polar surface area (TPSA) is 50.9 Å². The van der Waals surface area contributed by atoms with Crippen LogP contribution in [0.2, 0.25) is 0 Å². The number of pyridine rings is 1. The van der Waals surface area contributed by atoms with E-state index in [0.29, 0.717) is 0 Å². The first kappa shape index (κ1) is 10.6. The first-order valence-corrected chi connectivity index (χ1v) is 5.59. The maximum atomic E-state index is 9.33. The molecule has 4 nitrogen and oxygen atoms in total. The van der Waals surface area contributed by atoms with E-state index in [2.05, 4.69) is 32.7 Å². The maximum absolute atomic E-state index is 9.33. The van der Waals surface area contributed by atoms with Crippen LogP contribution in [-0.2, 0) is 0 Å².